The minimum atomic E-state index is -4.82. The van der Waals surface area contributed by atoms with Gasteiger partial charge in [-0.05, 0) is 12.5 Å². The summed E-state index contributed by atoms with van der Waals surface area (Å²) in [5, 5.41) is 10.5. The summed E-state index contributed by atoms with van der Waals surface area (Å²) in [5.41, 5.74) is -2.56. The predicted octanol–water partition coefficient (Wildman–Crippen LogP) is 3.71. The SMILES string of the molecule is CC(=O)c1c(CBr)cc([N+](=O)[O-])cc1C(F)(F)F. The van der Waals surface area contributed by atoms with Gasteiger partial charge in [-0.25, -0.2) is 0 Å². The van der Waals surface area contributed by atoms with Crippen molar-refractivity contribution in [3.63, 3.8) is 0 Å². The largest absolute Gasteiger partial charge is 0.417 e. The zero-order chi connectivity index (χ0) is 14.1. The van der Waals surface area contributed by atoms with E-state index in [-0.39, 0.29) is 10.9 Å². The number of ketones is 1. The molecule has 1 rings (SSSR count). The molecule has 0 atom stereocenters. The minimum Gasteiger partial charge on any atom is -0.294 e. The van der Waals surface area contributed by atoms with Crippen molar-refractivity contribution in [3.05, 3.63) is 38.9 Å². The zero-order valence-electron chi connectivity index (χ0n) is 9.05. The molecule has 0 aliphatic heterocycles. The van der Waals surface area contributed by atoms with E-state index in [0.29, 0.717) is 6.07 Å². The van der Waals surface area contributed by atoms with Gasteiger partial charge in [0.25, 0.3) is 5.69 Å². The first-order valence-electron chi connectivity index (χ1n) is 4.64. The van der Waals surface area contributed by atoms with Crippen molar-refractivity contribution in [1.82, 2.24) is 0 Å². The molecule has 0 fully saturated rings. The summed E-state index contributed by atoms with van der Waals surface area (Å²) in [5.74, 6) is -0.785. The summed E-state index contributed by atoms with van der Waals surface area (Å²) in [6.07, 6.45) is -4.82. The molecule has 0 spiro atoms. The number of nitro groups is 1. The summed E-state index contributed by atoms with van der Waals surface area (Å²) < 4.78 is 38.3. The highest BCUT2D eigenvalue weighted by atomic mass is 79.9. The second kappa shape index (κ2) is 5.05. The number of nitrogens with zero attached hydrogens (tertiary/aromatic N) is 1. The van der Waals surface area contributed by atoms with Crippen LogP contribution in [0.4, 0.5) is 18.9 Å². The molecular formula is C10H7BrF3NO3. The third-order valence-electron chi connectivity index (χ3n) is 2.22. The molecule has 0 aliphatic rings. The van der Waals surface area contributed by atoms with Crippen LogP contribution in [0.25, 0.3) is 0 Å². The van der Waals surface area contributed by atoms with Crippen molar-refractivity contribution in [2.45, 2.75) is 18.4 Å². The molecule has 0 radical (unpaired) electrons. The summed E-state index contributed by atoms with van der Waals surface area (Å²) in [7, 11) is 0. The number of benzene rings is 1. The summed E-state index contributed by atoms with van der Waals surface area (Å²) >= 11 is 2.92. The number of Topliss-reactive ketones (excluding diaryl/α,β-unsaturated/α-hetero) is 1. The number of non-ortho nitro benzene ring substituents is 1. The molecule has 4 nitrogen and oxygen atoms in total. The standard InChI is InChI=1S/C10H7BrF3NO3/c1-5(16)9-6(4-11)2-7(15(17)18)3-8(9)10(12,13)14/h2-3H,4H2,1H3. The number of hydrogen-bond donors (Lipinski definition) is 0. The molecule has 1 aromatic carbocycles. The monoisotopic (exact) mass is 325 g/mol. The van der Waals surface area contributed by atoms with Crippen LogP contribution in [0.2, 0.25) is 0 Å². The second-order valence-electron chi connectivity index (χ2n) is 3.47. The molecule has 0 aliphatic carbocycles. The maximum Gasteiger partial charge on any atom is 0.417 e. The number of rotatable bonds is 3. The Morgan fingerprint density at radius 1 is 1.44 bits per heavy atom. The van der Waals surface area contributed by atoms with Gasteiger partial charge in [-0.15, -0.1) is 0 Å². The first-order chi connectivity index (χ1) is 8.18. The molecule has 0 N–H and O–H groups in total. The van der Waals surface area contributed by atoms with Crippen LogP contribution < -0.4 is 0 Å². The Kier molecular flexibility index (Phi) is 4.10. The van der Waals surface area contributed by atoms with Crippen molar-refractivity contribution < 1.29 is 22.9 Å². The molecule has 1 aromatic rings. The molecule has 0 saturated heterocycles. The first kappa shape index (κ1) is 14.6. The zero-order valence-corrected chi connectivity index (χ0v) is 10.6. The van der Waals surface area contributed by atoms with Crippen molar-refractivity contribution in [1.29, 1.82) is 0 Å². The third-order valence-corrected chi connectivity index (χ3v) is 2.82. The summed E-state index contributed by atoms with van der Waals surface area (Å²) in [6, 6.07) is 1.34. The number of nitro benzene ring substituents is 1. The number of alkyl halides is 4. The van der Waals surface area contributed by atoms with Crippen LogP contribution in [-0.4, -0.2) is 10.7 Å². The first-order valence-corrected chi connectivity index (χ1v) is 5.76. The molecule has 8 heteroatoms. The summed E-state index contributed by atoms with van der Waals surface area (Å²) in [4.78, 5) is 20.9. The Labute approximate surface area is 108 Å². The number of carbonyl (C=O) groups is 1. The fourth-order valence-corrected chi connectivity index (χ4v) is 1.98. The van der Waals surface area contributed by atoms with Crippen LogP contribution in [0.15, 0.2) is 12.1 Å². The van der Waals surface area contributed by atoms with Gasteiger partial charge in [-0.3, -0.25) is 14.9 Å². The quantitative estimate of drug-likeness (QED) is 0.368. The van der Waals surface area contributed by atoms with Gasteiger partial charge in [-0.1, -0.05) is 15.9 Å². The predicted molar refractivity (Wildman–Crippen MR) is 60.7 cm³/mol. The minimum absolute atomic E-state index is 0.0518. The number of halogens is 4. The molecule has 0 amide bonds. The highest BCUT2D eigenvalue weighted by Gasteiger charge is 2.37. The molecule has 98 valence electrons. The lowest BCUT2D eigenvalue weighted by molar-refractivity contribution is -0.385. The second-order valence-corrected chi connectivity index (χ2v) is 4.03. The van der Waals surface area contributed by atoms with Crippen molar-refractivity contribution in [3.8, 4) is 0 Å². The van der Waals surface area contributed by atoms with E-state index in [9.17, 15) is 28.1 Å². The van der Waals surface area contributed by atoms with E-state index < -0.39 is 33.7 Å². The number of carbonyl (C=O) groups excluding carboxylic acids is 1. The fourth-order valence-electron chi connectivity index (χ4n) is 1.54. The Balaban J connectivity index is 3.68. The maximum atomic E-state index is 12.8. The topological polar surface area (TPSA) is 60.2 Å². The maximum absolute atomic E-state index is 12.8. The lowest BCUT2D eigenvalue weighted by Crippen LogP contribution is -2.14. The average Bonchev–Trinajstić information content (AvgIpc) is 2.25. The van der Waals surface area contributed by atoms with Crippen molar-refractivity contribution in [2.75, 3.05) is 0 Å². The van der Waals surface area contributed by atoms with Gasteiger partial charge in [0.15, 0.2) is 5.78 Å². The number of hydrogen-bond acceptors (Lipinski definition) is 3. The molecular weight excluding hydrogens is 319 g/mol. The van der Waals surface area contributed by atoms with E-state index in [4.69, 9.17) is 0 Å². The van der Waals surface area contributed by atoms with Gasteiger partial charge >= 0.3 is 6.18 Å². The smallest absolute Gasteiger partial charge is 0.294 e. The van der Waals surface area contributed by atoms with Crippen LogP contribution in [0.3, 0.4) is 0 Å². The molecule has 0 unspecified atom stereocenters. The lowest BCUT2D eigenvalue weighted by Gasteiger charge is -2.13. The average molecular weight is 326 g/mol. The van der Waals surface area contributed by atoms with Crippen LogP contribution in [0.5, 0.6) is 0 Å². The van der Waals surface area contributed by atoms with Gasteiger partial charge in [0.05, 0.1) is 10.5 Å². The van der Waals surface area contributed by atoms with Crippen molar-refractivity contribution in [2.24, 2.45) is 0 Å². The lowest BCUT2D eigenvalue weighted by atomic mass is 9.97. The third kappa shape index (κ3) is 2.87. The Morgan fingerprint density at radius 3 is 2.33 bits per heavy atom. The van der Waals surface area contributed by atoms with E-state index >= 15 is 0 Å². The van der Waals surface area contributed by atoms with Gasteiger partial charge < -0.3 is 0 Å². The highest BCUT2D eigenvalue weighted by Crippen LogP contribution is 2.37. The van der Waals surface area contributed by atoms with E-state index in [1.807, 2.05) is 0 Å². The van der Waals surface area contributed by atoms with Crippen LogP contribution >= 0.6 is 15.9 Å². The molecule has 0 aromatic heterocycles. The van der Waals surface area contributed by atoms with Crippen LogP contribution in [0.1, 0.15) is 28.4 Å². The van der Waals surface area contributed by atoms with Crippen LogP contribution in [-0.2, 0) is 11.5 Å². The van der Waals surface area contributed by atoms with Crippen molar-refractivity contribution >= 4 is 27.4 Å². The van der Waals surface area contributed by atoms with Crippen LogP contribution in [0, 0.1) is 10.1 Å². The Hall–Kier alpha value is -1.44. The van der Waals surface area contributed by atoms with E-state index in [1.165, 1.54) is 0 Å². The normalized spacial score (nSPS) is 11.4. The van der Waals surface area contributed by atoms with Gasteiger partial charge in [0.1, 0.15) is 0 Å². The molecule has 0 saturated carbocycles. The fraction of sp³-hybridized carbons (Fsp3) is 0.300. The molecule has 0 heterocycles. The Bertz CT molecular complexity index is 514. The Morgan fingerprint density at radius 2 is 2.00 bits per heavy atom. The molecule has 0 bridgehead atoms. The van der Waals surface area contributed by atoms with E-state index in [1.54, 1.807) is 0 Å². The van der Waals surface area contributed by atoms with Gasteiger partial charge in [0.2, 0.25) is 0 Å². The highest BCUT2D eigenvalue weighted by molar-refractivity contribution is 9.08. The summed E-state index contributed by atoms with van der Waals surface area (Å²) in [6.45, 7) is 0.989. The van der Waals surface area contributed by atoms with Gasteiger partial charge in [-0.2, -0.15) is 13.2 Å². The van der Waals surface area contributed by atoms with E-state index in [0.717, 1.165) is 13.0 Å². The molecule has 18 heavy (non-hydrogen) atoms. The van der Waals surface area contributed by atoms with E-state index in [2.05, 4.69) is 15.9 Å². The van der Waals surface area contributed by atoms with Gasteiger partial charge in [0, 0.05) is 23.0 Å².